The SMILES string of the molecule is CC(=C\C=C\C(C)=C\C(=O)O)/C=C1\CCCC(CC(C)C)=C1C(C)C. The van der Waals surface area contributed by atoms with Gasteiger partial charge in [-0.3, -0.25) is 0 Å². The molecule has 0 amide bonds. The first kappa shape index (κ1) is 21.2. The quantitative estimate of drug-likeness (QED) is 0.416. The molecule has 0 heterocycles. The Balaban J connectivity index is 3.04. The third-order valence-electron chi connectivity index (χ3n) is 4.35. The molecule has 0 unspecified atom stereocenters. The number of carboxylic acids is 1. The second-order valence-corrected chi connectivity index (χ2v) is 7.79. The monoisotopic (exact) mass is 342 g/mol. The van der Waals surface area contributed by atoms with Crippen molar-refractivity contribution in [2.45, 2.75) is 67.2 Å². The number of hydrogen-bond donors (Lipinski definition) is 1. The van der Waals surface area contributed by atoms with Gasteiger partial charge in [0.05, 0.1) is 0 Å². The molecule has 1 aliphatic rings. The largest absolute Gasteiger partial charge is 0.478 e. The van der Waals surface area contributed by atoms with E-state index in [9.17, 15) is 4.79 Å². The molecule has 0 fully saturated rings. The molecule has 1 aliphatic carbocycles. The maximum Gasteiger partial charge on any atom is 0.328 e. The van der Waals surface area contributed by atoms with Crippen molar-refractivity contribution in [2.75, 3.05) is 0 Å². The van der Waals surface area contributed by atoms with Crippen molar-refractivity contribution >= 4 is 5.97 Å². The van der Waals surface area contributed by atoms with E-state index in [0.717, 1.165) is 12.0 Å². The molecule has 0 radical (unpaired) electrons. The van der Waals surface area contributed by atoms with Gasteiger partial charge in [-0.05, 0) is 68.1 Å². The summed E-state index contributed by atoms with van der Waals surface area (Å²) >= 11 is 0. The van der Waals surface area contributed by atoms with Gasteiger partial charge in [0, 0.05) is 6.08 Å². The molecule has 0 saturated carbocycles. The van der Waals surface area contributed by atoms with Crippen molar-refractivity contribution in [1.29, 1.82) is 0 Å². The predicted octanol–water partition coefficient (Wildman–Crippen LogP) is 6.63. The average molecular weight is 343 g/mol. The first-order valence-corrected chi connectivity index (χ1v) is 9.39. The second-order valence-electron chi connectivity index (χ2n) is 7.79. The highest BCUT2D eigenvalue weighted by atomic mass is 16.4. The predicted molar refractivity (Wildman–Crippen MR) is 108 cm³/mol. The minimum Gasteiger partial charge on any atom is -0.478 e. The minimum atomic E-state index is -0.906. The van der Waals surface area contributed by atoms with Gasteiger partial charge >= 0.3 is 5.97 Å². The van der Waals surface area contributed by atoms with Crippen LogP contribution < -0.4 is 0 Å². The maximum atomic E-state index is 10.6. The van der Waals surface area contributed by atoms with Crippen LogP contribution in [0.4, 0.5) is 0 Å². The molecular formula is C23H34O2. The Labute approximate surface area is 153 Å². The highest BCUT2D eigenvalue weighted by Gasteiger charge is 2.20. The van der Waals surface area contributed by atoms with Crippen LogP contribution >= 0.6 is 0 Å². The molecule has 0 bridgehead atoms. The molecule has 0 atom stereocenters. The summed E-state index contributed by atoms with van der Waals surface area (Å²) in [5, 5.41) is 8.74. The zero-order chi connectivity index (χ0) is 19.0. The van der Waals surface area contributed by atoms with Crippen LogP contribution in [-0.4, -0.2) is 11.1 Å². The van der Waals surface area contributed by atoms with Crippen LogP contribution in [0.25, 0.3) is 0 Å². The highest BCUT2D eigenvalue weighted by molar-refractivity contribution is 5.81. The van der Waals surface area contributed by atoms with Gasteiger partial charge in [0.2, 0.25) is 0 Å². The lowest BCUT2D eigenvalue weighted by Gasteiger charge is -2.27. The van der Waals surface area contributed by atoms with E-state index in [2.05, 4.69) is 46.8 Å². The van der Waals surface area contributed by atoms with Gasteiger partial charge in [-0.2, -0.15) is 0 Å². The van der Waals surface area contributed by atoms with E-state index in [-0.39, 0.29) is 0 Å². The highest BCUT2D eigenvalue weighted by Crippen LogP contribution is 2.37. The van der Waals surface area contributed by atoms with Gasteiger partial charge in [-0.1, -0.05) is 63.1 Å². The Kier molecular flexibility index (Phi) is 8.68. The topological polar surface area (TPSA) is 37.3 Å². The summed E-state index contributed by atoms with van der Waals surface area (Å²) in [6.07, 6.45) is 14.2. The molecular weight excluding hydrogens is 308 g/mol. The van der Waals surface area contributed by atoms with E-state index in [1.165, 1.54) is 36.5 Å². The lowest BCUT2D eigenvalue weighted by Crippen LogP contribution is -2.10. The summed E-state index contributed by atoms with van der Waals surface area (Å²) in [5.41, 5.74) is 6.64. The van der Waals surface area contributed by atoms with Crippen molar-refractivity contribution in [1.82, 2.24) is 0 Å². The molecule has 0 aromatic carbocycles. The van der Waals surface area contributed by atoms with E-state index in [0.29, 0.717) is 11.8 Å². The van der Waals surface area contributed by atoms with Crippen LogP contribution in [0, 0.1) is 11.8 Å². The molecule has 0 aromatic rings. The van der Waals surface area contributed by atoms with E-state index in [1.54, 1.807) is 18.1 Å². The standard InChI is InChI=1S/C23H34O2/c1-16(2)13-20-11-8-12-21(23(20)17(3)4)14-18(5)9-7-10-19(6)15-22(24)25/h7,9-10,14-17H,8,11-13H2,1-6H3,(H,24,25)/b10-7+,18-9+,19-15+,21-14+. The number of rotatable bonds is 7. The van der Waals surface area contributed by atoms with Crippen molar-refractivity contribution in [3.63, 3.8) is 0 Å². The number of aliphatic carboxylic acids is 1. The zero-order valence-electron chi connectivity index (χ0n) is 16.7. The smallest absolute Gasteiger partial charge is 0.328 e. The Morgan fingerprint density at radius 3 is 2.36 bits per heavy atom. The van der Waals surface area contributed by atoms with E-state index < -0.39 is 5.97 Å². The number of allylic oxidation sites excluding steroid dienone is 9. The van der Waals surface area contributed by atoms with Crippen molar-refractivity contribution < 1.29 is 9.90 Å². The van der Waals surface area contributed by atoms with Gasteiger partial charge in [-0.25, -0.2) is 4.79 Å². The van der Waals surface area contributed by atoms with Crippen molar-refractivity contribution in [2.24, 2.45) is 11.8 Å². The summed E-state index contributed by atoms with van der Waals surface area (Å²) in [6, 6.07) is 0. The Hall–Kier alpha value is -1.83. The molecule has 0 aromatic heterocycles. The summed E-state index contributed by atoms with van der Waals surface area (Å²) < 4.78 is 0. The molecule has 0 saturated heterocycles. The summed E-state index contributed by atoms with van der Waals surface area (Å²) in [7, 11) is 0. The lowest BCUT2D eigenvalue weighted by atomic mass is 9.78. The normalized spacial score (nSPS) is 19.0. The number of carboxylic acid groups (broad SMARTS) is 1. The zero-order valence-corrected chi connectivity index (χ0v) is 16.7. The van der Waals surface area contributed by atoms with Crippen molar-refractivity contribution in [3.05, 3.63) is 58.2 Å². The summed E-state index contributed by atoms with van der Waals surface area (Å²) in [6.45, 7) is 13.1. The fourth-order valence-electron chi connectivity index (χ4n) is 3.54. The lowest BCUT2D eigenvalue weighted by molar-refractivity contribution is -0.131. The Bertz CT molecular complexity index is 622. The number of carbonyl (C=O) groups is 1. The van der Waals surface area contributed by atoms with Gasteiger partial charge < -0.3 is 5.11 Å². The third kappa shape index (κ3) is 7.72. The molecule has 2 nitrogen and oxygen atoms in total. The molecule has 2 heteroatoms. The van der Waals surface area contributed by atoms with Crippen LogP contribution in [0.1, 0.15) is 67.2 Å². The van der Waals surface area contributed by atoms with Gasteiger partial charge in [0.1, 0.15) is 0 Å². The van der Waals surface area contributed by atoms with Crippen LogP contribution in [0.2, 0.25) is 0 Å². The summed E-state index contributed by atoms with van der Waals surface area (Å²) in [5.74, 6) is 0.354. The maximum absolute atomic E-state index is 10.6. The molecule has 0 spiro atoms. The molecule has 25 heavy (non-hydrogen) atoms. The van der Waals surface area contributed by atoms with E-state index in [1.807, 2.05) is 12.2 Å². The first-order valence-electron chi connectivity index (χ1n) is 9.39. The fraction of sp³-hybridized carbons (Fsp3) is 0.522. The second kappa shape index (κ2) is 10.2. The fourth-order valence-corrected chi connectivity index (χ4v) is 3.54. The Morgan fingerprint density at radius 2 is 1.80 bits per heavy atom. The Morgan fingerprint density at radius 1 is 1.12 bits per heavy atom. The van der Waals surface area contributed by atoms with Crippen molar-refractivity contribution in [3.8, 4) is 0 Å². The van der Waals surface area contributed by atoms with Gasteiger partial charge in [-0.15, -0.1) is 0 Å². The van der Waals surface area contributed by atoms with E-state index >= 15 is 0 Å². The van der Waals surface area contributed by atoms with Crippen LogP contribution in [-0.2, 0) is 4.79 Å². The van der Waals surface area contributed by atoms with E-state index in [4.69, 9.17) is 5.11 Å². The molecule has 1 N–H and O–H groups in total. The molecule has 0 aliphatic heterocycles. The van der Waals surface area contributed by atoms with Crippen LogP contribution in [0.5, 0.6) is 0 Å². The van der Waals surface area contributed by atoms with Crippen LogP contribution in [0.15, 0.2) is 58.2 Å². The average Bonchev–Trinajstić information content (AvgIpc) is 2.45. The van der Waals surface area contributed by atoms with Gasteiger partial charge in [0.25, 0.3) is 0 Å². The van der Waals surface area contributed by atoms with Crippen LogP contribution in [0.3, 0.4) is 0 Å². The first-order chi connectivity index (χ1) is 11.7. The third-order valence-corrected chi connectivity index (χ3v) is 4.35. The van der Waals surface area contributed by atoms with Gasteiger partial charge in [0.15, 0.2) is 0 Å². The number of hydrogen-bond acceptors (Lipinski definition) is 1. The summed E-state index contributed by atoms with van der Waals surface area (Å²) in [4.78, 5) is 10.6. The molecule has 138 valence electrons. The molecule has 1 rings (SSSR count). The minimum absolute atomic E-state index is 0.560.